The van der Waals surface area contributed by atoms with Gasteiger partial charge < -0.3 is 10.2 Å². The second-order valence-corrected chi connectivity index (χ2v) is 6.58. The van der Waals surface area contributed by atoms with Gasteiger partial charge in [0.25, 0.3) is 0 Å². The zero-order valence-electron chi connectivity index (χ0n) is 12.8. The minimum Gasteiger partial charge on any atom is -0.330 e. The van der Waals surface area contributed by atoms with Crippen LogP contribution in [0.5, 0.6) is 0 Å². The smallest absolute Gasteiger partial charge is 0.330 e. The minimum atomic E-state index is -4.34. The van der Waals surface area contributed by atoms with E-state index in [-0.39, 0.29) is 17.9 Å². The number of hydrogen-bond donors (Lipinski definition) is 1. The molecule has 0 aromatic carbocycles. The molecule has 1 saturated heterocycles. The van der Waals surface area contributed by atoms with Gasteiger partial charge in [-0.15, -0.1) is 0 Å². The molecule has 2 unspecified atom stereocenters. The molecule has 0 bridgehead atoms. The molecule has 2 atom stereocenters. The van der Waals surface area contributed by atoms with Crippen molar-refractivity contribution in [3.05, 3.63) is 0 Å². The second-order valence-electron chi connectivity index (χ2n) is 6.58. The Hall–Kier alpha value is -0.780. The molecule has 122 valence electrons. The summed E-state index contributed by atoms with van der Waals surface area (Å²) in [7, 11) is 0. The van der Waals surface area contributed by atoms with Gasteiger partial charge in [-0.25, -0.2) is 0 Å². The first kappa shape index (κ1) is 16.6. The maximum Gasteiger partial charge on any atom is 0.406 e. The molecular formula is C15H25F3N2O. The van der Waals surface area contributed by atoms with Gasteiger partial charge in [-0.1, -0.05) is 13.3 Å². The number of halogens is 3. The quantitative estimate of drug-likeness (QED) is 0.818. The van der Waals surface area contributed by atoms with E-state index >= 15 is 0 Å². The fraction of sp³-hybridized carbons (Fsp3) is 0.933. The lowest BCUT2D eigenvalue weighted by Gasteiger charge is -2.38. The molecule has 0 spiro atoms. The number of amides is 1. The third-order valence-electron chi connectivity index (χ3n) is 4.83. The van der Waals surface area contributed by atoms with E-state index in [1.54, 1.807) is 6.92 Å². The van der Waals surface area contributed by atoms with Crippen LogP contribution in [0.3, 0.4) is 0 Å². The van der Waals surface area contributed by atoms with Crippen molar-refractivity contribution in [3.8, 4) is 0 Å². The van der Waals surface area contributed by atoms with E-state index in [4.69, 9.17) is 0 Å². The molecule has 1 aliphatic carbocycles. The van der Waals surface area contributed by atoms with E-state index in [2.05, 4.69) is 5.32 Å². The highest BCUT2D eigenvalue weighted by molar-refractivity contribution is 5.84. The molecule has 0 aromatic heterocycles. The lowest BCUT2D eigenvalue weighted by atomic mass is 9.80. The monoisotopic (exact) mass is 306 g/mol. The SMILES string of the molecule is CCCC1(C(=O)N(CC(F)(F)F)C(C)C2CC2)CCNC1. The Labute approximate surface area is 124 Å². The van der Waals surface area contributed by atoms with Crippen LogP contribution in [0.25, 0.3) is 0 Å². The molecule has 0 aromatic rings. The summed E-state index contributed by atoms with van der Waals surface area (Å²) >= 11 is 0. The first-order valence-corrected chi connectivity index (χ1v) is 7.87. The number of nitrogens with one attached hydrogen (secondary N) is 1. The number of alkyl halides is 3. The van der Waals surface area contributed by atoms with Crippen molar-refractivity contribution in [3.63, 3.8) is 0 Å². The van der Waals surface area contributed by atoms with Crippen molar-refractivity contribution in [1.82, 2.24) is 10.2 Å². The molecule has 2 rings (SSSR count). The van der Waals surface area contributed by atoms with Gasteiger partial charge in [0, 0.05) is 12.6 Å². The van der Waals surface area contributed by atoms with Crippen molar-refractivity contribution in [1.29, 1.82) is 0 Å². The topological polar surface area (TPSA) is 32.3 Å². The first-order chi connectivity index (χ1) is 9.79. The fourth-order valence-corrected chi connectivity index (χ4v) is 3.46. The van der Waals surface area contributed by atoms with Gasteiger partial charge in [0.2, 0.25) is 5.91 Å². The molecular weight excluding hydrogens is 281 g/mol. The van der Waals surface area contributed by atoms with Gasteiger partial charge in [0.15, 0.2) is 0 Å². The molecule has 2 aliphatic rings. The fourth-order valence-electron chi connectivity index (χ4n) is 3.46. The minimum absolute atomic E-state index is 0.240. The van der Waals surface area contributed by atoms with Crippen LogP contribution < -0.4 is 5.32 Å². The van der Waals surface area contributed by atoms with E-state index in [1.165, 1.54) is 0 Å². The Kier molecular flexibility index (Phi) is 4.85. The molecule has 1 amide bonds. The molecule has 2 fully saturated rings. The van der Waals surface area contributed by atoms with Gasteiger partial charge in [-0.2, -0.15) is 13.2 Å². The van der Waals surface area contributed by atoms with E-state index in [0.29, 0.717) is 25.9 Å². The second kappa shape index (κ2) is 6.15. The standard InChI is InChI=1S/C15H25F3N2O/c1-3-6-14(7-8-19-9-14)13(21)20(10-15(16,17)18)11(2)12-4-5-12/h11-12,19H,3-10H2,1-2H3. The maximum absolute atomic E-state index is 12.9. The van der Waals surface area contributed by atoms with Gasteiger partial charge in [-0.3, -0.25) is 4.79 Å². The van der Waals surface area contributed by atoms with Crippen molar-refractivity contribution < 1.29 is 18.0 Å². The van der Waals surface area contributed by atoms with E-state index in [0.717, 1.165) is 24.2 Å². The van der Waals surface area contributed by atoms with Crippen molar-refractivity contribution in [2.45, 2.75) is 58.2 Å². The van der Waals surface area contributed by atoms with Crippen LogP contribution in [0, 0.1) is 11.3 Å². The number of carbonyl (C=O) groups excluding carboxylic acids is 1. The third-order valence-corrected chi connectivity index (χ3v) is 4.83. The lowest BCUT2D eigenvalue weighted by molar-refractivity contribution is -0.172. The van der Waals surface area contributed by atoms with Crippen LogP contribution in [0.1, 0.15) is 46.0 Å². The summed E-state index contributed by atoms with van der Waals surface area (Å²) in [5, 5.41) is 3.15. The summed E-state index contributed by atoms with van der Waals surface area (Å²) < 4.78 is 38.7. The summed E-state index contributed by atoms with van der Waals surface area (Å²) in [4.78, 5) is 14.0. The molecule has 1 heterocycles. The summed E-state index contributed by atoms with van der Waals surface area (Å²) in [6, 6.07) is -0.312. The molecule has 21 heavy (non-hydrogen) atoms. The Bertz CT molecular complexity index is 374. The Balaban J connectivity index is 2.19. The summed E-state index contributed by atoms with van der Waals surface area (Å²) in [6.45, 7) is 3.85. The van der Waals surface area contributed by atoms with Gasteiger partial charge >= 0.3 is 6.18 Å². The van der Waals surface area contributed by atoms with E-state index in [1.807, 2.05) is 6.92 Å². The molecule has 1 aliphatic heterocycles. The third kappa shape index (κ3) is 3.90. The Morgan fingerprint density at radius 1 is 1.43 bits per heavy atom. The van der Waals surface area contributed by atoms with E-state index < -0.39 is 18.1 Å². The Morgan fingerprint density at radius 3 is 2.52 bits per heavy atom. The molecule has 0 radical (unpaired) electrons. The maximum atomic E-state index is 12.9. The predicted molar refractivity (Wildman–Crippen MR) is 74.8 cm³/mol. The van der Waals surface area contributed by atoms with Crippen molar-refractivity contribution >= 4 is 5.91 Å². The number of hydrogen-bond acceptors (Lipinski definition) is 2. The normalized spacial score (nSPS) is 27.7. The predicted octanol–water partition coefficient (Wildman–Crippen LogP) is 2.96. The zero-order valence-corrected chi connectivity index (χ0v) is 12.8. The summed E-state index contributed by atoms with van der Waals surface area (Å²) in [5.74, 6) is -0.0598. The summed E-state index contributed by atoms with van der Waals surface area (Å²) in [6.07, 6.45) is -0.358. The lowest BCUT2D eigenvalue weighted by Crippen LogP contribution is -2.52. The highest BCUT2D eigenvalue weighted by Gasteiger charge is 2.48. The van der Waals surface area contributed by atoms with Crippen LogP contribution in [0.4, 0.5) is 13.2 Å². The highest BCUT2D eigenvalue weighted by atomic mass is 19.4. The van der Waals surface area contributed by atoms with Gasteiger partial charge in [-0.05, 0) is 45.1 Å². The number of rotatable bonds is 6. The summed E-state index contributed by atoms with van der Waals surface area (Å²) in [5.41, 5.74) is -0.636. The van der Waals surface area contributed by atoms with Crippen molar-refractivity contribution in [2.24, 2.45) is 11.3 Å². The average Bonchev–Trinajstić information content (AvgIpc) is 3.14. The van der Waals surface area contributed by atoms with E-state index in [9.17, 15) is 18.0 Å². The molecule has 1 saturated carbocycles. The van der Waals surface area contributed by atoms with Crippen LogP contribution in [0.15, 0.2) is 0 Å². The van der Waals surface area contributed by atoms with Crippen LogP contribution in [0.2, 0.25) is 0 Å². The number of carbonyl (C=O) groups is 1. The molecule has 1 N–H and O–H groups in total. The largest absolute Gasteiger partial charge is 0.406 e. The van der Waals surface area contributed by atoms with Crippen LogP contribution >= 0.6 is 0 Å². The average molecular weight is 306 g/mol. The molecule has 3 nitrogen and oxygen atoms in total. The Morgan fingerprint density at radius 2 is 2.10 bits per heavy atom. The highest BCUT2D eigenvalue weighted by Crippen LogP contribution is 2.40. The van der Waals surface area contributed by atoms with Crippen LogP contribution in [-0.2, 0) is 4.79 Å². The van der Waals surface area contributed by atoms with Gasteiger partial charge in [0.05, 0.1) is 5.41 Å². The van der Waals surface area contributed by atoms with Gasteiger partial charge in [0.1, 0.15) is 6.54 Å². The molecule has 6 heteroatoms. The zero-order chi connectivity index (χ0) is 15.7. The van der Waals surface area contributed by atoms with Crippen LogP contribution in [-0.4, -0.2) is 42.7 Å². The first-order valence-electron chi connectivity index (χ1n) is 7.87. The van der Waals surface area contributed by atoms with Crippen molar-refractivity contribution in [2.75, 3.05) is 19.6 Å². The number of nitrogens with zero attached hydrogens (tertiary/aromatic N) is 1.